The highest BCUT2D eigenvalue weighted by molar-refractivity contribution is 5.68. The van der Waals surface area contributed by atoms with E-state index in [1.807, 2.05) is 39.0 Å². The van der Waals surface area contributed by atoms with Crippen molar-refractivity contribution in [1.29, 1.82) is 0 Å². The van der Waals surface area contributed by atoms with Gasteiger partial charge in [-0.2, -0.15) is 0 Å². The topological polar surface area (TPSA) is 50.8 Å². The molecule has 1 unspecified atom stereocenters. The number of likely N-dealkylation sites (tertiary alicyclic amines) is 1. The van der Waals surface area contributed by atoms with E-state index in [4.69, 9.17) is 9.47 Å². The Hall–Kier alpha value is -1.75. The van der Waals surface area contributed by atoms with Crippen molar-refractivity contribution in [2.45, 2.75) is 51.8 Å². The van der Waals surface area contributed by atoms with Crippen LogP contribution in [0.2, 0.25) is 0 Å². The van der Waals surface area contributed by atoms with Gasteiger partial charge >= 0.3 is 6.09 Å². The summed E-state index contributed by atoms with van der Waals surface area (Å²) in [7, 11) is 1.69. The number of carbonyl (C=O) groups is 1. The molecule has 1 N–H and O–H groups in total. The van der Waals surface area contributed by atoms with Crippen LogP contribution in [0.1, 0.15) is 45.7 Å². The van der Waals surface area contributed by atoms with Gasteiger partial charge in [-0.1, -0.05) is 18.2 Å². The fourth-order valence-corrected chi connectivity index (χ4v) is 2.86. The van der Waals surface area contributed by atoms with Crippen molar-refractivity contribution in [2.75, 3.05) is 20.2 Å². The molecule has 23 heavy (non-hydrogen) atoms. The van der Waals surface area contributed by atoms with E-state index in [0.717, 1.165) is 24.3 Å². The molecule has 1 aliphatic heterocycles. The van der Waals surface area contributed by atoms with Crippen LogP contribution in [-0.2, 0) is 4.74 Å². The van der Waals surface area contributed by atoms with Gasteiger partial charge < -0.3 is 19.7 Å². The number of nitrogens with one attached hydrogen (secondary N) is 1. The molecule has 128 valence electrons. The largest absolute Gasteiger partial charge is 0.496 e. The van der Waals surface area contributed by atoms with E-state index in [9.17, 15) is 4.79 Å². The molecule has 1 amide bonds. The number of benzene rings is 1. The predicted octanol–water partition coefficient (Wildman–Crippen LogP) is 3.36. The van der Waals surface area contributed by atoms with Crippen molar-refractivity contribution in [1.82, 2.24) is 10.2 Å². The quantitative estimate of drug-likeness (QED) is 0.924. The van der Waals surface area contributed by atoms with Gasteiger partial charge in [0.1, 0.15) is 11.4 Å². The van der Waals surface area contributed by atoms with E-state index in [-0.39, 0.29) is 18.2 Å². The molecule has 0 bridgehead atoms. The van der Waals surface area contributed by atoms with Crippen LogP contribution in [0.3, 0.4) is 0 Å². The lowest BCUT2D eigenvalue weighted by Crippen LogP contribution is -2.39. The predicted molar refractivity (Wildman–Crippen MR) is 90.8 cm³/mol. The summed E-state index contributed by atoms with van der Waals surface area (Å²) in [5.74, 6) is 0.884. The van der Waals surface area contributed by atoms with Gasteiger partial charge in [-0.15, -0.1) is 0 Å². The highest BCUT2D eigenvalue weighted by Crippen LogP contribution is 2.26. The first kappa shape index (κ1) is 17.6. The molecule has 2 rings (SSSR count). The third-order valence-corrected chi connectivity index (χ3v) is 3.93. The molecule has 1 aliphatic rings. The molecule has 1 aromatic rings. The summed E-state index contributed by atoms with van der Waals surface area (Å²) in [6.45, 7) is 9.19. The summed E-state index contributed by atoms with van der Waals surface area (Å²) in [4.78, 5) is 13.9. The molecule has 1 fully saturated rings. The Kier molecular flexibility index (Phi) is 5.52. The number of ether oxygens (including phenoxy) is 2. The number of amides is 1. The zero-order valence-electron chi connectivity index (χ0n) is 14.8. The maximum absolute atomic E-state index is 12.1. The summed E-state index contributed by atoms with van der Waals surface area (Å²) in [5, 5.41) is 3.59. The second-order valence-electron chi connectivity index (χ2n) is 7.04. The lowest BCUT2D eigenvalue weighted by Gasteiger charge is -2.25. The fourth-order valence-electron chi connectivity index (χ4n) is 2.86. The van der Waals surface area contributed by atoms with Crippen LogP contribution < -0.4 is 10.1 Å². The Balaban J connectivity index is 1.91. The molecule has 0 spiro atoms. The molecule has 1 aromatic carbocycles. The van der Waals surface area contributed by atoms with Crippen LogP contribution in [0.4, 0.5) is 4.79 Å². The molecule has 5 nitrogen and oxygen atoms in total. The molecule has 0 radical (unpaired) electrons. The van der Waals surface area contributed by atoms with E-state index >= 15 is 0 Å². The first-order chi connectivity index (χ1) is 10.8. The standard InChI is InChI=1S/C18H28N2O3/c1-13(15-8-6-7-9-16(15)22-5)19-14-10-11-20(12-14)17(21)23-18(2,3)4/h6-9,13-14,19H,10-12H2,1-5H3/t13-,14?/m1/s1. The summed E-state index contributed by atoms with van der Waals surface area (Å²) < 4.78 is 10.9. The lowest BCUT2D eigenvalue weighted by atomic mass is 10.1. The summed E-state index contributed by atoms with van der Waals surface area (Å²) >= 11 is 0. The minimum absolute atomic E-state index is 0.162. The number of rotatable bonds is 4. The SMILES string of the molecule is COc1ccccc1[C@@H](C)NC1CCN(C(=O)OC(C)(C)C)C1. The number of methoxy groups -OCH3 is 1. The third-order valence-electron chi connectivity index (χ3n) is 3.93. The van der Waals surface area contributed by atoms with Gasteiger partial charge in [0, 0.05) is 30.7 Å². The highest BCUT2D eigenvalue weighted by atomic mass is 16.6. The third kappa shape index (κ3) is 4.86. The van der Waals surface area contributed by atoms with Gasteiger partial charge in [-0.05, 0) is 40.2 Å². The van der Waals surface area contributed by atoms with Crippen LogP contribution in [-0.4, -0.2) is 42.8 Å². The van der Waals surface area contributed by atoms with E-state index < -0.39 is 5.60 Å². The average molecular weight is 320 g/mol. The Morgan fingerprint density at radius 2 is 2.04 bits per heavy atom. The summed E-state index contributed by atoms with van der Waals surface area (Å²) in [6, 6.07) is 8.44. The van der Waals surface area contributed by atoms with Crippen molar-refractivity contribution in [2.24, 2.45) is 0 Å². The first-order valence-corrected chi connectivity index (χ1v) is 8.17. The smallest absolute Gasteiger partial charge is 0.410 e. The molecule has 2 atom stereocenters. The number of carbonyl (C=O) groups excluding carboxylic acids is 1. The Labute approximate surface area is 139 Å². The van der Waals surface area contributed by atoms with Gasteiger partial charge in [0.25, 0.3) is 0 Å². The second kappa shape index (κ2) is 7.21. The van der Waals surface area contributed by atoms with Crippen molar-refractivity contribution in [3.63, 3.8) is 0 Å². The van der Waals surface area contributed by atoms with E-state index in [0.29, 0.717) is 6.54 Å². The van der Waals surface area contributed by atoms with Crippen molar-refractivity contribution in [3.8, 4) is 5.75 Å². The molecule has 5 heteroatoms. The Morgan fingerprint density at radius 3 is 2.70 bits per heavy atom. The number of para-hydroxylation sites is 1. The van der Waals surface area contributed by atoms with E-state index in [1.165, 1.54) is 0 Å². The monoisotopic (exact) mass is 320 g/mol. The molecular formula is C18H28N2O3. The summed E-state index contributed by atoms with van der Waals surface area (Å²) in [6.07, 6.45) is 0.699. The van der Waals surface area contributed by atoms with Crippen LogP contribution in [0.15, 0.2) is 24.3 Å². The zero-order chi connectivity index (χ0) is 17.0. The minimum atomic E-state index is -0.451. The van der Waals surface area contributed by atoms with Crippen molar-refractivity contribution in [3.05, 3.63) is 29.8 Å². The molecule has 0 aliphatic carbocycles. The van der Waals surface area contributed by atoms with Gasteiger partial charge in [0.2, 0.25) is 0 Å². The maximum Gasteiger partial charge on any atom is 0.410 e. The van der Waals surface area contributed by atoms with E-state index in [2.05, 4.69) is 18.3 Å². The molecule has 0 saturated carbocycles. The Bertz CT molecular complexity index is 539. The van der Waals surface area contributed by atoms with Gasteiger partial charge in [0.05, 0.1) is 7.11 Å². The number of nitrogens with zero attached hydrogens (tertiary/aromatic N) is 1. The molecule has 1 heterocycles. The molecular weight excluding hydrogens is 292 g/mol. The number of hydrogen-bond acceptors (Lipinski definition) is 4. The molecule has 0 aromatic heterocycles. The second-order valence-corrected chi connectivity index (χ2v) is 7.04. The highest BCUT2D eigenvalue weighted by Gasteiger charge is 2.30. The Morgan fingerprint density at radius 1 is 1.35 bits per heavy atom. The average Bonchev–Trinajstić information content (AvgIpc) is 2.94. The normalized spacial score (nSPS) is 19.5. The first-order valence-electron chi connectivity index (χ1n) is 8.17. The van der Waals surface area contributed by atoms with Crippen LogP contribution >= 0.6 is 0 Å². The van der Waals surface area contributed by atoms with Gasteiger partial charge in [0.15, 0.2) is 0 Å². The number of hydrogen-bond donors (Lipinski definition) is 1. The fraction of sp³-hybridized carbons (Fsp3) is 0.611. The minimum Gasteiger partial charge on any atom is -0.496 e. The van der Waals surface area contributed by atoms with Gasteiger partial charge in [-0.25, -0.2) is 4.79 Å². The zero-order valence-corrected chi connectivity index (χ0v) is 14.8. The van der Waals surface area contributed by atoms with Crippen LogP contribution in [0, 0.1) is 0 Å². The van der Waals surface area contributed by atoms with Crippen LogP contribution in [0.25, 0.3) is 0 Å². The van der Waals surface area contributed by atoms with E-state index in [1.54, 1.807) is 12.0 Å². The maximum atomic E-state index is 12.1. The van der Waals surface area contributed by atoms with Crippen molar-refractivity contribution >= 4 is 6.09 Å². The van der Waals surface area contributed by atoms with Crippen molar-refractivity contribution < 1.29 is 14.3 Å². The molecule has 1 saturated heterocycles. The summed E-state index contributed by atoms with van der Waals surface area (Å²) in [5.41, 5.74) is 0.679. The lowest BCUT2D eigenvalue weighted by molar-refractivity contribution is 0.0290. The van der Waals surface area contributed by atoms with Gasteiger partial charge in [-0.3, -0.25) is 0 Å². The van der Waals surface area contributed by atoms with Crippen LogP contribution in [0.5, 0.6) is 5.75 Å².